The average Bonchev–Trinajstić information content (AvgIpc) is 1.50. The van der Waals surface area contributed by atoms with Crippen LogP contribution in [0.1, 0.15) is 105 Å². The van der Waals surface area contributed by atoms with Crippen LogP contribution in [-0.4, -0.2) is 59.9 Å². The number of rotatable bonds is 15. The van der Waals surface area contributed by atoms with E-state index in [2.05, 4.69) is 497 Å². The number of fused-ring (bicyclic) bond motifs is 19. The number of benzene rings is 17. The predicted octanol–water partition coefficient (Wildman–Crippen LogP) is 32.2. The van der Waals surface area contributed by atoms with Crippen molar-refractivity contribution in [2.45, 2.75) is 122 Å². The van der Waals surface area contributed by atoms with E-state index in [0.717, 1.165) is 84.3 Å². The zero-order valence-electron chi connectivity index (χ0n) is 81.5. The van der Waals surface area contributed by atoms with E-state index in [0.29, 0.717) is 0 Å². The molecule has 0 amide bonds. The van der Waals surface area contributed by atoms with Gasteiger partial charge in [0.15, 0.2) is 0 Å². The van der Waals surface area contributed by atoms with Crippen LogP contribution in [0.5, 0.6) is 0 Å². The topological polar surface area (TPSA) is 78.0 Å². The molecule has 16 heteroatoms. The average molecular weight is 1900 g/mol. The Morgan fingerprint density at radius 3 is 0.887 bits per heavy atom. The first kappa shape index (κ1) is 90.5. The van der Waals surface area contributed by atoms with E-state index in [-0.39, 0.29) is 23.7 Å². The summed E-state index contributed by atoms with van der Waals surface area (Å²) in [6.07, 6.45) is 3.73. The molecule has 142 heavy (non-hydrogen) atoms. The Morgan fingerprint density at radius 2 is 0.514 bits per heavy atom. The predicted molar refractivity (Wildman–Crippen MR) is 600 cm³/mol. The summed E-state index contributed by atoms with van der Waals surface area (Å²) in [7, 11) is -1.21. The van der Waals surface area contributed by atoms with E-state index in [1.54, 1.807) is 0 Å². The van der Waals surface area contributed by atoms with E-state index >= 15 is 0 Å². The summed E-state index contributed by atoms with van der Waals surface area (Å²) in [5, 5.41) is 7.57. The third-order valence-corrected chi connectivity index (χ3v) is 34.2. The Kier molecular flexibility index (Phi) is 22.5. The largest absolute Gasteiger partial charge is 0.494 e. The Morgan fingerprint density at radius 1 is 0.211 bits per heavy atom. The standard InChI is InChI=1S/C55H42BNO2S.C36H32BNO2S.C35H31BN2O2S/c1-53(2)54(3,4)59-56(58-53)36-28-26-35(27-29-36)44-33-39(34-46-43-21-11-15-25-51(43)60-52(44)46)57(37-16-6-5-7-17-37)38-30-31-50-45(32-38)42-20-10-14-24-49(42)55(50)47-22-12-8-18-40(47)41-19-9-13-23-48(41)55;1-35(2)36(3,4)40-37(39-35)26-15-13-14-25(22-26)31-23-29(24-32-30-20-11-12-21-33(30)41-34(31)32)38(27-16-7-5-8-17-27)28-18-9-6-10-19-28;1-34(2)35(3,4)40-36(39-34)25-18-16-24(17-19-25)30-21-28(22-31-29-14-8-9-15-32(29)41-33(30)31)38(26-11-6-5-7-12-26)27-13-10-20-37-23-27/h5-34H,1-4H3;5-24H,1-4H3;5-23H,1-4H3. The van der Waals surface area contributed by atoms with Gasteiger partial charge in [0.2, 0.25) is 0 Å². The van der Waals surface area contributed by atoms with Crippen LogP contribution in [0.2, 0.25) is 0 Å². The second-order valence-electron chi connectivity index (χ2n) is 40.7. The summed E-state index contributed by atoms with van der Waals surface area (Å²) < 4.78 is 46.1. The summed E-state index contributed by atoms with van der Waals surface area (Å²) in [5.74, 6) is 0. The van der Waals surface area contributed by atoms with Gasteiger partial charge >= 0.3 is 21.4 Å². The Bertz CT molecular complexity index is 8250. The number of anilines is 9. The summed E-state index contributed by atoms with van der Waals surface area (Å²) in [6.45, 7) is 25.2. The number of thiophene rings is 3. The van der Waals surface area contributed by atoms with Gasteiger partial charge in [-0.1, -0.05) is 279 Å². The van der Waals surface area contributed by atoms with Gasteiger partial charge in [-0.15, -0.1) is 34.0 Å². The van der Waals surface area contributed by atoms with E-state index in [1.807, 2.05) is 58.5 Å². The van der Waals surface area contributed by atoms with Crippen LogP contribution in [0.25, 0.3) is 116 Å². The minimum atomic E-state index is -0.413. The molecule has 5 aliphatic rings. The lowest BCUT2D eigenvalue weighted by molar-refractivity contribution is 0.00578. The highest BCUT2D eigenvalue weighted by atomic mass is 32.1. The summed E-state index contributed by atoms with van der Waals surface area (Å²) in [6, 6.07) is 147. The molecule has 3 saturated heterocycles. The van der Waals surface area contributed by atoms with Gasteiger partial charge in [-0.3, -0.25) is 4.98 Å². The van der Waals surface area contributed by atoms with Gasteiger partial charge in [-0.2, -0.15) is 0 Å². The van der Waals surface area contributed by atoms with Crippen molar-refractivity contribution in [1.29, 1.82) is 0 Å². The maximum atomic E-state index is 6.45. The van der Waals surface area contributed by atoms with Crippen molar-refractivity contribution in [2.75, 3.05) is 14.7 Å². The first-order valence-corrected chi connectivity index (χ1v) is 51.5. The van der Waals surface area contributed by atoms with Crippen molar-refractivity contribution in [2.24, 2.45) is 0 Å². The van der Waals surface area contributed by atoms with Crippen molar-refractivity contribution >= 4 is 183 Å². The third-order valence-electron chi connectivity index (χ3n) is 30.6. The van der Waals surface area contributed by atoms with E-state index < -0.39 is 36.6 Å². The lowest BCUT2D eigenvalue weighted by Crippen LogP contribution is -2.41. The van der Waals surface area contributed by atoms with Gasteiger partial charge in [-0.05, 0) is 288 Å². The Labute approximate surface area is 843 Å². The maximum Gasteiger partial charge on any atom is 0.494 e. The molecular weight excluding hydrogens is 1790 g/mol. The fourth-order valence-electron chi connectivity index (χ4n) is 21.3. The molecular formula is C126H105B3N4O6S3. The van der Waals surface area contributed by atoms with Crippen LogP contribution >= 0.6 is 34.0 Å². The van der Waals surface area contributed by atoms with Crippen LogP contribution in [0.3, 0.4) is 0 Å². The van der Waals surface area contributed by atoms with Crippen molar-refractivity contribution < 1.29 is 27.9 Å². The van der Waals surface area contributed by atoms with Crippen LogP contribution in [0.15, 0.2) is 419 Å². The molecule has 0 unspecified atom stereocenters. The maximum absolute atomic E-state index is 6.45. The molecule has 0 radical (unpaired) electrons. The monoisotopic (exact) mass is 1900 g/mol. The highest BCUT2D eigenvalue weighted by Crippen LogP contribution is 2.64. The molecule has 0 saturated carbocycles. The second-order valence-corrected chi connectivity index (χ2v) is 43.9. The highest BCUT2D eigenvalue weighted by molar-refractivity contribution is 7.27. The SMILES string of the molecule is CC1(C)OB(c2ccc(-c3cc(N(c4ccccc4)c4ccc5c(c4)-c4ccccc4C54c5ccccc5-c5ccccc54)cc4c3sc3ccccc34)cc2)OC1(C)C.CC1(C)OB(c2ccc(-c3cc(N(c4ccccc4)c4cccnc4)cc4c3sc3ccccc34)cc2)OC1(C)C.CC1(C)OB(c2cccc(-c3cc(N(c4ccccc4)c4ccccc4)cc4c3sc3ccccc34)c2)OC1(C)C. The molecule has 21 aromatic rings. The molecule has 4 aromatic heterocycles. The molecule has 3 aliphatic heterocycles. The Balaban J connectivity index is 0.000000119. The lowest BCUT2D eigenvalue weighted by atomic mass is 9.70. The number of hydrogen-bond donors (Lipinski definition) is 0. The summed E-state index contributed by atoms with van der Waals surface area (Å²) >= 11 is 5.56. The summed E-state index contributed by atoms with van der Waals surface area (Å²) in [5.41, 5.74) is 27.9. The smallest absolute Gasteiger partial charge is 0.399 e. The lowest BCUT2D eigenvalue weighted by Gasteiger charge is -2.32. The van der Waals surface area contributed by atoms with E-state index in [9.17, 15) is 0 Å². The molecule has 3 fully saturated rings. The van der Waals surface area contributed by atoms with Gasteiger partial charge in [0.1, 0.15) is 0 Å². The molecule has 17 aromatic carbocycles. The number of aromatic nitrogens is 1. The molecule has 7 heterocycles. The minimum absolute atomic E-state index is 0.374. The van der Waals surface area contributed by atoms with E-state index in [1.165, 1.54) is 122 Å². The number of pyridine rings is 1. The second kappa shape index (κ2) is 35.2. The molecule has 692 valence electrons. The summed E-state index contributed by atoms with van der Waals surface area (Å²) in [4.78, 5) is 11.5. The molecule has 2 aliphatic carbocycles. The van der Waals surface area contributed by atoms with Crippen LogP contribution in [0.4, 0.5) is 51.2 Å². The number of nitrogens with zero attached hydrogens (tertiary/aromatic N) is 4. The zero-order chi connectivity index (χ0) is 96.8. The van der Waals surface area contributed by atoms with Crippen LogP contribution < -0.4 is 31.1 Å². The van der Waals surface area contributed by atoms with Crippen molar-refractivity contribution in [3.8, 4) is 55.6 Å². The normalized spacial score (nSPS) is 16.1. The van der Waals surface area contributed by atoms with Gasteiger partial charge < -0.3 is 42.6 Å². The van der Waals surface area contributed by atoms with Crippen molar-refractivity contribution in [3.63, 3.8) is 0 Å². The van der Waals surface area contributed by atoms with Gasteiger partial charge in [0, 0.05) is 129 Å². The van der Waals surface area contributed by atoms with Crippen molar-refractivity contribution in [3.05, 3.63) is 441 Å². The first-order valence-electron chi connectivity index (χ1n) is 49.0. The van der Waals surface area contributed by atoms with E-state index in [4.69, 9.17) is 27.9 Å². The molecule has 0 N–H and O–H groups in total. The number of hydrogen-bond acceptors (Lipinski definition) is 13. The fourth-order valence-corrected chi connectivity index (χ4v) is 24.9. The highest BCUT2D eigenvalue weighted by Gasteiger charge is 2.56. The molecule has 1 spiro atoms. The van der Waals surface area contributed by atoms with Crippen LogP contribution in [0, 0.1) is 0 Å². The van der Waals surface area contributed by atoms with Gasteiger partial charge in [0.05, 0.1) is 50.9 Å². The van der Waals surface area contributed by atoms with Crippen molar-refractivity contribution in [1.82, 2.24) is 4.98 Å². The first-order chi connectivity index (χ1) is 68.8. The van der Waals surface area contributed by atoms with Gasteiger partial charge in [-0.25, -0.2) is 0 Å². The van der Waals surface area contributed by atoms with Gasteiger partial charge in [0.25, 0.3) is 0 Å². The Hall–Kier alpha value is -14.1. The molecule has 10 nitrogen and oxygen atoms in total. The third kappa shape index (κ3) is 15.5. The quantitative estimate of drug-likeness (QED) is 0.0926. The molecule has 0 bridgehead atoms. The minimum Gasteiger partial charge on any atom is -0.399 e. The zero-order valence-corrected chi connectivity index (χ0v) is 84.0. The molecule has 26 rings (SSSR count). The molecule has 0 atom stereocenters. The fraction of sp³-hybridized carbons (Fsp3) is 0.151. The van der Waals surface area contributed by atoms with Crippen LogP contribution in [-0.2, 0) is 33.3 Å². The number of para-hydroxylation sites is 4.